The Labute approximate surface area is 112 Å². The van der Waals surface area contributed by atoms with Gasteiger partial charge in [0.15, 0.2) is 0 Å². The zero-order valence-corrected chi connectivity index (χ0v) is 11.4. The molecule has 0 bridgehead atoms. The van der Waals surface area contributed by atoms with Gasteiger partial charge in [0.05, 0.1) is 6.42 Å². The molecular formula is C14H20N4O. The molecule has 1 amide bonds. The second kappa shape index (κ2) is 6.33. The topological polar surface area (TPSA) is 69.8 Å². The van der Waals surface area contributed by atoms with Crippen molar-refractivity contribution in [2.75, 3.05) is 13.1 Å². The maximum atomic E-state index is 11.9. The number of nitrogens with zero attached hydrogens (tertiary/aromatic N) is 1. The second-order valence-electron chi connectivity index (χ2n) is 4.65. The van der Waals surface area contributed by atoms with Crippen LogP contribution in [0, 0.1) is 0 Å². The molecule has 0 saturated carbocycles. The summed E-state index contributed by atoms with van der Waals surface area (Å²) in [7, 11) is 0. The molecule has 0 aliphatic rings. The van der Waals surface area contributed by atoms with Gasteiger partial charge in [-0.05, 0) is 31.2 Å². The molecule has 1 atom stereocenters. The van der Waals surface area contributed by atoms with Gasteiger partial charge in [0.1, 0.15) is 5.65 Å². The van der Waals surface area contributed by atoms with Crippen molar-refractivity contribution < 1.29 is 4.79 Å². The zero-order valence-electron chi connectivity index (χ0n) is 11.4. The van der Waals surface area contributed by atoms with E-state index >= 15 is 0 Å². The van der Waals surface area contributed by atoms with Crippen LogP contribution in [-0.4, -0.2) is 35.0 Å². The molecule has 0 radical (unpaired) electrons. The Morgan fingerprint density at radius 3 is 3.16 bits per heavy atom. The number of carbonyl (C=O) groups excluding carboxylic acids is 1. The normalized spacial score (nSPS) is 12.5. The minimum atomic E-state index is 0.0366. The van der Waals surface area contributed by atoms with E-state index in [0.717, 1.165) is 23.1 Å². The molecule has 5 nitrogen and oxygen atoms in total. The van der Waals surface area contributed by atoms with E-state index in [4.69, 9.17) is 0 Å². The number of likely N-dealkylation sites (N-methyl/N-ethyl adjacent to an activating group) is 1. The summed E-state index contributed by atoms with van der Waals surface area (Å²) in [4.78, 5) is 19.2. The van der Waals surface area contributed by atoms with Crippen LogP contribution in [-0.2, 0) is 11.2 Å². The van der Waals surface area contributed by atoms with Crippen molar-refractivity contribution in [1.29, 1.82) is 0 Å². The number of rotatable bonds is 6. The molecule has 19 heavy (non-hydrogen) atoms. The lowest BCUT2D eigenvalue weighted by Gasteiger charge is -2.12. The third kappa shape index (κ3) is 3.54. The van der Waals surface area contributed by atoms with E-state index in [1.807, 2.05) is 18.3 Å². The molecule has 0 fully saturated rings. The molecule has 2 aromatic rings. The molecule has 0 spiro atoms. The average molecular weight is 260 g/mol. The molecule has 0 unspecified atom stereocenters. The SMILES string of the molecule is CCN[C@H](C)CNC(=O)Cc1c[nH]c2ncccc12. The van der Waals surface area contributed by atoms with Crippen LogP contribution in [0.3, 0.4) is 0 Å². The largest absolute Gasteiger partial charge is 0.354 e. The van der Waals surface area contributed by atoms with E-state index in [1.165, 1.54) is 0 Å². The van der Waals surface area contributed by atoms with Gasteiger partial charge in [0.2, 0.25) is 5.91 Å². The predicted octanol–water partition coefficient (Wildman–Crippen LogP) is 1.22. The smallest absolute Gasteiger partial charge is 0.224 e. The van der Waals surface area contributed by atoms with Crippen molar-refractivity contribution in [3.05, 3.63) is 30.1 Å². The van der Waals surface area contributed by atoms with Crippen LogP contribution in [0.1, 0.15) is 19.4 Å². The highest BCUT2D eigenvalue weighted by molar-refractivity contribution is 5.87. The Bertz CT molecular complexity index is 549. The maximum Gasteiger partial charge on any atom is 0.224 e. The summed E-state index contributed by atoms with van der Waals surface area (Å²) in [5.74, 6) is 0.0366. The number of amides is 1. The Morgan fingerprint density at radius 1 is 1.53 bits per heavy atom. The summed E-state index contributed by atoms with van der Waals surface area (Å²) in [5.41, 5.74) is 1.81. The van der Waals surface area contributed by atoms with Crippen molar-refractivity contribution in [3.8, 4) is 0 Å². The van der Waals surface area contributed by atoms with Crippen molar-refractivity contribution in [2.45, 2.75) is 26.3 Å². The van der Waals surface area contributed by atoms with Crippen molar-refractivity contribution in [2.24, 2.45) is 0 Å². The number of pyridine rings is 1. The lowest BCUT2D eigenvalue weighted by atomic mass is 10.1. The van der Waals surface area contributed by atoms with Crippen LogP contribution in [0.15, 0.2) is 24.5 Å². The number of carbonyl (C=O) groups is 1. The van der Waals surface area contributed by atoms with Gasteiger partial charge in [-0.3, -0.25) is 4.79 Å². The number of hydrogen-bond donors (Lipinski definition) is 3. The summed E-state index contributed by atoms with van der Waals surface area (Å²) in [5, 5.41) is 7.20. The third-order valence-corrected chi connectivity index (χ3v) is 3.05. The molecule has 0 saturated heterocycles. The summed E-state index contributed by atoms with van der Waals surface area (Å²) in [6, 6.07) is 4.15. The minimum Gasteiger partial charge on any atom is -0.354 e. The minimum absolute atomic E-state index is 0.0366. The van der Waals surface area contributed by atoms with E-state index in [2.05, 4.69) is 34.4 Å². The average Bonchev–Trinajstić information content (AvgIpc) is 2.80. The zero-order chi connectivity index (χ0) is 13.7. The summed E-state index contributed by atoms with van der Waals surface area (Å²) >= 11 is 0. The van der Waals surface area contributed by atoms with E-state index in [1.54, 1.807) is 6.20 Å². The number of nitrogens with one attached hydrogen (secondary N) is 3. The first-order valence-electron chi connectivity index (χ1n) is 6.61. The van der Waals surface area contributed by atoms with Gasteiger partial charge in [0.25, 0.3) is 0 Å². The Kier molecular flexibility index (Phi) is 4.52. The van der Waals surface area contributed by atoms with Crippen LogP contribution in [0.5, 0.6) is 0 Å². The lowest BCUT2D eigenvalue weighted by molar-refractivity contribution is -0.120. The van der Waals surface area contributed by atoms with E-state index in [0.29, 0.717) is 19.0 Å². The Morgan fingerprint density at radius 2 is 2.37 bits per heavy atom. The van der Waals surface area contributed by atoms with E-state index in [9.17, 15) is 4.79 Å². The Balaban J connectivity index is 1.92. The lowest BCUT2D eigenvalue weighted by Crippen LogP contribution is -2.39. The van der Waals surface area contributed by atoms with Crippen molar-refractivity contribution >= 4 is 16.9 Å². The summed E-state index contributed by atoms with van der Waals surface area (Å²) in [6.45, 7) is 5.66. The first kappa shape index (κ1) is 13.5. The van der Waals surface area contributed by atoms with Crippen LogP contribution in [0.25, 0.3) is 11.0 Å². The number of aromatic amines is 1. The fourth-order valence-electron chi connectivity index (χ4n) is 2.08. The van der Waals surface area contributed by atoms with Gasteiger partial charge in [-0.1, -0.05) is 6.92 Å². The monoisotopic (exact) mass is 260 g/mol. The number of H-pyrrole nitrogens is 1. The van der Waals surface area contributed by atoms with Gasteiger partial charge in [-0.15, -0.1) is 0 Å². The molecule has 5 heteroatoms. The molecular weight excluding hydrogens is 240 g/mol. The molecule has 0 aliphatic heterocycles. The molecule has 0 aliphatic carbocycles. The number of fused-ring (bicyclic) bond motifs is 1. The van der Waals surface area contributed by atoms with Crippen LogP contribution >= 0.6 is 0 Å². The highest BCUT2D eigenvalue weighted by Gasteiger charge is 2.09. The Hall–Kier alpha value is -1.88. The van der Waals surface area contributed by atoms with Crippen molar-refractivity contribution in [3.63, 3.8) is 0 Å². The number of aromatic nitrogens is 2. The molecule has 102 valence electrons. The fraction of sp³-hybridized carbons (Fsp3) is 0.429. The van der Waals surface area contributed by atoms with Gasteiger partial charge < -0.3 is 15.6 Å². The molecule has 0 aromatic carbocycles. The highest BCUT2D eigenvalue weighted by atomic mass is 16.1. The summed E-state index contributed by atoms with van der Waals surface area (Å²) in [6.07, 6.45) is 3.97. The van der Waals surface area contributed by atoms with Gasteiger partial charge in [0, 0.05) is 30.4 Å². The third-order valence-electron chi connectivity index (χ3n) is 3.05. The summed E-state index contributed by atoms with van der Waals surface area (Å²) < 4.78 is 0. The standard InChI is InChI=1S/C14H20N4O/c1-3-15-10(2)8-17-13(19)7-11-9-18-14-12(11)5-4-6-16-14/h4-6,9-10,15H,3,7-8H2,1-2H3,(H,16,18)(H,17,19)/t10-/m1/s1. The highest BCUT2D eigenvalue weighted by Crippen LogP contribution is 2.15. The van der Waals surface area contributed by atoms with Gasteiger partial charge in [-0.2, -0.15) is 0 Å². The molecule has 2 heterocycles. The molecule has 2 aromatic heterocycles. The van der Waals surface area contributed by atoms with Crippen molar-refractivity contribution in [1.82, 2.24) is 20.6 Å². The predicted molar refractivity (Wildman–Crippen MR) is 75.9 cm³/mol. The fourth-order valence-corrected chi connectivity index (χ4v) is 2.08. The van der Waals surface area contributed by atoms with Gasteiger partial charge >= 0.3 is 0 Å². The van der Waals surface area contributed by atoms with Crippen LogP contribution in [0.4, 0.5) is 0 Å². The van der Waals surface area contributed by atoms with E-state index < -0.39 is 0 Å². The first-order valence-corrected chi connectivity index (χ1v) is 6.61. The molecule has 3 N–H and O–H groups in total. The second-order valence-corrected chi connectivity index (χ2v) is 4.65. The van der Waals surface area contributed by atoms with Gasteiger partial charge in [-0.25, -0.2) is 4.98 Å². The maximum absolute atomic E-state index is 11.9. The first-order chi connectivity index (χ1) is 9.20. The molecule has 2 rings (SSSR count). The number of hydrogen-bond acceptors (Lipinski definition) is 3. The van der Waals surface area contributed by atoms with Crippen LogP contribution < -0.4 is 10.6 Å². The quantitative estimate of drug-likeness (QED) is 0.731. The van der Waals surface area contributed by atoms with E-state index in [-0.39, 0.29) is 5.91 Å². The van der Waals surface area contributed by atoms with Crippen LogP contribution in [0.2, 0.25) is 0 Å².